The molecule has 1 aromatic carbocycles. The lowest BCUT2D eigenvalue weighted by Crippen LogP contribution is -2.32. The Morgan fingerprint density at radius 1 is 1.21 bits per heavy atom. The van der Waals surface area contributed by atoms with Gasteiger partial charge in [0.05, 0.1) is 10.7 Å². The summed E-state index contributed by atoms with van der Waals surface area (Å²) in [7, 11) is -2.22. The van der Waals surface area contributed by atoms with Crippen LogP contribution >= 0.6 is 0 Å². The Morgan fingerprint density at radius 3 is 2.42 bits per heavy atom. The zero-order valence-corrected chi connectivity index (χ0v) is 14.3. The van der Waals surface area contributed by atoms with E-state index in [1.165, 1.54) is 29.6 Å². The topological polar surface area (TPSA) is 93.4 Å². The molecule has 0 saturated carbocycles. The lowest BCUT2D eigenvalue weighted by Gasteiger charge is -2.26. The van der Waals surface area contributed by atoms with Crippen LogP contribution in [0.1, 0.15) is 30.5 Å². The highest BCUT2D eigenvalue weighted by atomic mass is 32.2. The van der Waals surface area contributed by atoms with Gasteiger partial charge < -0.3 is 0 Å². The molecule has 24 heavy (non-hydrogen) atoms. The molecular formula is C16H19N3O4S. The van der Waals surface area contributed by atoms with Gasteiger partial charge in [-0.1, -0.05) is 25.1 Å². The van der Waals surface area contributed by atoms with Crippen molar-refractivity contribution < 1.29 is 13.3 Å². The Balaban J connectivity index is 2.31. The third kappa shape index (κ3) is 3.95. The molecule has 1 heterocycles. The quantitative estimate of drug-likeness (QED) is 0.566. The molecule has 2 rings (SSSR count). The van der Waals surface area contributed by atoms with Crippen molar-refractivity contribution >= 4 is 15.7 Å². The average Bonchev–Trinajstić information content (AvgIpc) is 2.56. The molecule has 0 fully saturated rings. The van der Waals surface area contributed by atoms with Gasteiger partial charge >= 0.3 is 0 Å². The number of hydrogen-bond donors (Lipinski definition) is 0. The van der Waals surface area contributed by atoms with Crippen molar-refractivity contribution in [2.75, 3.05) is 7.05 Å². The molecule has 0 aliphatic heterocycles. The molecule has 7 nitrogen and oxygen atoms in total. The fraction of sp³-hybridized carbons (Fsp3) is 0.312. The molecule has 8 heteroatoms. The SMILES string of the molecule is CC[C@H](c1ccncc1)N(C)S(=O)(=O)Cc1ccccc1[N+](=O)[O-]. The molecule has 2 aromatic rings. The van der Waals surface area contributed by atoms with Gasteiger partial charge in [-0.05, 0) is 24.1 Å². The van der Waals surface area contributed by atoms with Crippen molar-refractivity contribution in [1.82, 2.24) is 9.29 Å². The van der Waals surface area contributed by atoms with E-state index in [2.05, 4.69) is 4.98 Å². The average molecular weight is 349 g/mol. The van der Waals surface area contributed by atoms with Crippen LogP contribution in [0.4, 0.5) is 5.69 Å². The standard InChI is InChI=1S/C16H19N3O4S/c1-3-15(13-8-10-17-11-9-13)18(2)24(22,23)12-14-6-4-5-7-16(14)19(20)21/h4-11,15H,3,12H2,1-2H3/t15-/m1/s1. The molecule has 0 amide bonds. The number of nitrogens with zero attached hydrogens (tertiary/aromatic N) is 3. The van der Waals surface area contributed by atoms with Crippen molar-refractivity contribution in [2.45, 2.75) is 25.1 Å². The molecule has 0 spiro atoms. The van der Waals surface area contributed by atoms with Crippen LogP contribution in [0.3, 0.4) is 0 Å². The predicted molar refractivity (Wildman–Crippen MR) is 90.8 cm³/mol. The zero-order chi connectivity index (χ0) is 17.7. The first-order chi connectivity index (χ1) is 11.4. The minimum Gasteiger partial charge on any atom is -0.265 e. The van der Waals surface area contributed by atoms with Crippen LogP contribution in [0.5, 0.6) is 0 Å². The van der Waals surface area contributed by atoms with E-state index >= 15 is 0 Å². The number of para-hydroxylation sites is 1. The number of aromatic nitrogens is 1. The fourth-order valence-electron chi connectivity index (χ4n) is 2.59. The smallest absolute Gasteiger partial charge is 0.265 e. The molecule has 0 aliphatic rings. The summed E-state index contributed by atoms with van der Waals surface area (Å²) in [6, 6.07) is 9.08. The van der Waals surface area contributed by atoms with Crippen LogP contribution in [0.25, 0.3) is 0 Å². The summed E-state index contributed by atoms with van der Waals surface area (Å²) in [5, 5.41) is 11.1. The Hall–Kier alpha value is -2.32. The van der Waals surface area contributed by atoms with E-state index in [9.17, 15) is 18.5 Å². The number of nitro benzene ring substituents is 1. The van der Waals surface area contributed by atoms with Gasteiger partial charge in [-0.25, -0.2) is 8.42 Å². The van der Waals surface area contributed by atoms with Crippen molar-refractivity contribution in [1.29, 1.82) is 0 Å². The van der Waals surface area contributed by atoms with E-state index in [0.29, 0.717) is 6.42 Å². The molecule has 0 aliphatic carbocycles. The summed E-state index contributed by atoms with van der Waals surface area (Å²) >= 11 is 0. The third-order valence-electron chi connectivity index (χ3n) is 3.88. The normalized spacial score (nSPS) is 13.0. The van der Waals surface area contributed by atoms with Crippen molar-refractivity contribution in [3.63, 3.8) is 0 Å². The van der Waals surface area contributed by atoms with Crippen molar-refractivity contribution in [3.8, 4) is 0 Å². The van der Waals surface area contributed by atoms with E-state index in [-0.39, 0.29) is 17.3 Å². The summed E-state index contributed by atoms with van der Waals surface area (Å²) < 4.78 is 26.7. The Kier molecular flexibility index (Phi) is 5.63. The molecule has 1 aromatic heterocycles. The van der Waals surface area contributed by atoms with Crippen LogP contribution in [0.15, 0.2) is 48.8 Å². The van der Waals surface area contributed by atoms with Gasteiger partial charge in [0.15, 0.2) is 0 Å². The first-order valence-corrected chi connectivity index (χ1v) is 9.05. The minimum atomic E-state index is -3.72. The number of hydrogen-bond acceptors (Lipinski definition) is 5. The number of pyridine rings is 1. The monoisotopic (exact) mass is 349 g/mol. The van der Waals surface area contributed by atoms with Crippen molar-refractivity contribution in [2.24, 2.45) is 0 Å². The number of sulfonamides is 1. The van der Waals surface area contributed by atoms with E-state index in [1.54, 1.807) is 30.6 Å². The highest BCUT2D eigenvalue weighted by molar-refractivity contribution is 7.88. The largest absolute Gasteiger partial charge is 0.273 e. The molecule has 1 atom stereocenters. The predicted octanol–water partition coefficient (Wildman–Crippen LogP) is 2.90. The van der Waals surface area contributed by atoms with E-state index in [1.807, 2.05) is 6.92 Å². The zero-order valence-electron chi connectivity index (χ0n) is 13.5. The van der Waals surface area contributed by atoms with Gasteiger partial charge in [-0.3, -0.25) is 15.1 Å². The van der Waals surface area contributed by atoms with Crippen LogP contribution in [0, 0.1) is 10.1 Å². The molecule has 0 unspecified atom stereocenters. The molecular weight excluding hydrogens is 330 g/mol. The summed E-state index contributed by atoms with van der Waals surface area (Å²) in [5.41, 5.74) is 0.825. The van der Waals surface area contributed by atoms with E-state index < -0.39 is 20.7 Å². The summed E-state index contributed by atoms with van der Waals surface area (Å²) in [5.74, 6) is -0.414. The number of rotatable bonds is 7. The first-order valence-electron chi connectivity index (χ1n) is 7.44. The second-order valence-corrected chi connectivity index (χ2v) is 7.39. The molecule has 0 saturated heterocycles. The minimum absolute atomic E-state index is 0.180. The second-order valence-electron chi connectivity index (χ2n) is 5.36. The van der Waals surface area contributed by atoms with E-state index in [0.717, 1.165) is 5.56 Å². The Labute approximate surface area is 141 Å². The number of benzene rings is 1. The van der Waals surface area contributed by atoms with Crippen LogP contribution in [-0.4, -0.2) is 29.7 Å². The van der Waals surface area contributed by atoms with Crippen molar-refractivity contribution in [3.05, 3.63) is 70.0 Å². The lowest BCUT2D eigenvalue weighted by molar-refractivity contribution is -0.385. The molecule has 0 N–H and O–H groups in total. The van der Waals surface area contributed by atoms with Gasteiger partial charge in [0, 0.05) is 37.1 Å². The lowest BCUT2D eigenvalue weighted by atomic mass is 10.1. The van der Waals surface area contributed by atoms with Crippen LogP contribution < -0.4 is 0 Å². The molecule has 128 valence electrons. The summed E-state index contributed by atoms with van der Waals surface area (Å²) in [6.07, 6.45) is 3.80. The second kappa shape index (κ2) is 7.50. The molecule has 0 bridgehead atoms. The third-order valence-corrected chi connectivity index (χ3v) is 5.69. The highest BCUT2D eigenvalue weighted by Gasteiger charge is 2.29. The maximum absolute atomic E-state index is 12.7. The van der Waals surface area contributed by atoms with Gasteiger partial charge in [0.25, 0.3) is 5.69 Å². The van der Waals surface area contributed by atoms with Crippen LogP contribution in [0.2, 0.25) is 0 Å². The highest BCUT2D eigenvalue weighted by Crippen LogP contribution is 2.28. The van der Waals surface area contributed by atoms with Gasteiger partial charge in [0.1, 0.15) is 0 Å². The fourth-order valence-corrected chi connectivity index (χ4v) is 4.09. The maximum atomic E-state index is 12.7. The number of nitro groups is 1. The van der Waals surface area contributed by atoms with Gasteiger partial charge in [-0.15, -0.1) is 0 Å². The molecule has 0 radical (unpaired) electrons. The first kappa shape index (κ1) is 18.0. The van der Waals surface area contributed by atoms with Gasteiger partial charge in [-0.2, -0.15) is 4.31 Å². The van der Waals surface area contributed by atoms with Gasteiger partial charge in [0.2, 0.25) is 10.0 Å². The summed E-state index contributed by atoms with van der Waals surface area (Å²) in [4.78, 5) is 14.5. The van der Waals surface area contributed by atoms with Crippen LogP contribution in [-0.2, 0) is 15.8 Å². The van der Waals surface area contributed by atoms with E-state index in [4.69, 9.17) is 0 Å². The Bertz CT molecular complexity index is 809. The summed E-state index contributed by atoms with van der Waals surface area (Å²) in [6.45, 7) is 1.89. The maximum Gasteiger partial charge on any atom is 0.273 e. The Morgan fingerprint density at radius 2 is 1.83 bits per heavy atom.